The molecule has 0 aromatic carbocycles. The maximum absolute atomic E-state index is 11.9. The van der Waals surface area contributed by atoms with Crippen molar-refractivity contribution in [1.82, 2.24) is 14.8 Å². The Morgan fingerprint density at radius 3 is 2.82 bits per heavy atom. The first kappa shape index (κ1) is 11.5. The van der Waals surface area contributed by atoms with Crippen LogP contribution in [-0.4, -0.2) is 20.5 Å². The molecule has 0 atom stereocenters. The number of hydrogen-bond donors (Lipinski definition) is 0. The van der Waals surface area contributed by atoms with Gasteiger partial charge in [0.05, 0.1) is 0 Å². The fourth-order valence-electron chi connectivity index (χ4n) is 1.70. The fourth-order valence-corrected chi connectivity index (χ4v) is 1.70. The molecule has 0 saturated carbocycles. The Morgan fingerprint density at radius 1 is 1.35 bits per heavy atom. The molecule has 4 heteroatoms. The maximum atomic E-state index is 11.9. The molecule has 0 fully saturated rings. The van der Waals surface area contributed by atoms with E-state index < -0.39 is 0 Å². The van der Waals surface area contributed by atoms with E-state index in [-0.39, 0.29) is 5.78 Å². The van der Waals surface area contributed by atoms with E-state index in [4.69, 9.17) is 0 Å². The minimum absolute atomic E-state index is 0.0786. The summed E-state index contributed by atoms with van der Waals surface area (Å²) < 4.78 is 1.79. The summed E-state index contributed by atoms with van der Waals surface area (Å²) in [6.45, 7) is 1.96. The van der Waals surface area contributed by atoms with Crippen LogP contribution in [0.25, 0.3) is 0 Å². The van der Waals surface area contributed by atoms with Gasteiger partial charge in [-0.25, -0.2) is 0 Å². The number of pyridine rings is 1. The van der Waals surface area contributed by atoms with Gasteiger partial charge in [-0.2, -0.15) is 5.10 Å². The highest BCUT2D eigenvalue weighted by atomic mass is 16.1. The first-order valence-electron chi connectivity index (χ1n) is 5.59. The van der Waals surface area contributed by atoms with E-state index in [9.17, 15) is 4.79 Å². The summed E-state index contributed by atoms with van der Waals surface area (Å²) >= 11 is 0. The minimum Gasteiger partial charge on any atom is -0.292 e. The average Bonchev–Trinajstić information content (AvgIpc) is 2.72. The van der Waals surface area contributed by atoms with E-state index >= 15 is 0 Å². The molecule has 2 heterocycles. The number of hydrogen-bond acceptors (Lipinski definition) is 3. The van der Waals surface area contributed by atoms with Crippen molar-refractivity contribution in [3.63, 3.8) is 0 Å². The van der Waals surface area contributed by atoms with Crippen LogP contribution in [-0.2, 0) is 13.5 Å². The third-order valence-corrected chi connectivity index (χ3v) is 2.73. The van der Waals surface area contributed by atoms with E-state index in [1.807, 2.05) is 32.2 Å². The molecule has 0 aliphatic carbocycles. The predicted molar refractivity (Wildman–Crippen MR) is 64.8 cm³/mol. The van der Waals surface area contributed by atoms with Gasteiger partial charge in [0.15, 0.2) is 5.78 Å². The highest BCUT2D eigenvalue weighted by Crippen LogP contribution is 2.07. The van der Waals surface area contributed by atoms with Gasteiger partial charge >= 0.3 is 0 Å². The van der Waals surface area contributed by atoms with E-state index in [1.165, 1.54) is 0 Å². The lowest BCUT2D eigenvalue weighted by Crippen LogP contribution is -2.06. The summed E-state index contributed by atoms with van der Waals surface area (Å²) in [5.74, 6) is 0.0786. The van der Waals surface area contributed by atoms with E-state index in [0.717, 1.165) is 11.3 Å². The first-order chi connectivity index (χ1) is 8.16. The monoisotopic (exact) mass is 229 g/mol. The number of aryl methyl sites for hydroxylation is 3. The molecular weight excluding hydrogens is 214 g/mol. The fraction of sp³-hybridized carbons (Fsp3) is 0.308. The zero-order chi connectivity index (χ0) is 12.3. The van der Waals surface area contributed by atoms with Crippen molar-refractivity contribution in [2.45, 2.75) is 19.8 Å². The highest BCUT2D eigenvalue weighted by molar-refractivity contribution is 5.94. The molecule has 0 aliphatic heterocycles. The Bertz CT molecular complexity index is 531. The summed E-state index contributed by atoms with van der Waals surface area (Å²) in [6.07, 6.45) is 4.58. The number of nitrogens with zero attached hydrogens (tertiary/aromatic N) is 3. The second kappa shape index (κ2) is 4.91. The van der Waals surface area contributed by atoms with Gasteiger partial charge in [0.25, 0.3) is 0 Å². The van der Waals surface area contributed by atoms with Crippen molar-refractivity contribution < 1.29 is 4.79 Å². The van der Waals surface area contributed by atoms with Crippen molar-refractivity contribution in [2.75, 3.05) is 0 Å². The van der Waals surface area contributed by atoms with Gasteiger partial charge in [-0.05, 0) is 37.1 Å². The second-order valence-electron chi connectivity index (χ2n) is 4.09. The third kappa shape index (κ3) is 2.78. The van der Waals surface area contributed by atoms with Crippen LogP contribution < -0.4 is 0 Å². The van der Waals surface area contributed by atoms with Crippen LogP contribution in [0.2, 0.25) is 0 Å². The molecule has 0 N–H and O–H groups in total. The van der Waals surface area contributed by atoms with Crippen molar-refractivity contribution in [3.05, 3.63) is 47.5 Å². The molecule has 0 saturated heterocycles. The molecule has 2 rings (SSSR count). The van der Waals surface area contributed by atoms with Crippen LogP contribution in [0.3, 0.4) is 0 Å². The van der Waals surface area contributed by atoms with E-state index in [0.29, 0.717) is 18.5 Å². The molecule has 0 radical (unpaired) electrons. The van der Waals surface area contributed by atoms with E-state index in [1.54, 1.807) is 17.1 Å². The van der Waals surface area contributed by atoms with Crippen LogP contribution in [0.4, 0.5) is 0 Å². The summed E-state index contributed by atoms with van der Waals surface area (Å²) in [5, 5.41) is 4.07. The van der Waals surface area contributed by atoms with Crippen molar-refractivity contribution in [3.8, 4) is 0 Å². The van der Waals surface area contributed by atoms with Gasteiger partial charge in [0, 0.05) is 31.6 Å². The number of carbonyl (C=O) groups excluding carboxylic acids is 1. The second-order valence-corrected chi connectivity index (χ2v) is 4.09. The van der Waals surface area contributed by atoms with Crippen LogP contribution in [0, 0.1) is 6.92 Å². The average molecular weight is 229 g/mol. The van der Waals surface area contributed by atoms with Crippen LogP contribution in [0.15, 0.2) is 30.6 Å². The number of Topliss-reactive ketones (excluding diaryl/α,β-unsaturated/α-hetero) is 1. The molecule has 0 aliphatic rings. The Labute approximate surface area is 100 Å². The highest BCUT2D eigenvalue weighted by Gasteiger charge is 2.09. The Kier molecular flexibility index (Phi) is 3.32. The standard InChI is InChI=1S/C13H15N3O/c1-10-5-7-14-12(9-10)13(17)4-3-11-6-8-15-16(11)2/h5-9H,3-4H2,1-2H3. The third-order valence-electron chi connectivity index (χ3n) is 2.73. The smallest absolute Gasteiger partial charge is 0.181 e. The van der Waals surface area contributed by atoms with Crippen molar-refractivity contribution in [2.24, 2.45) is 7.05 Å². The molecule has 2 aromatic rings. The minimum atomic E-state index is 0.0786. The van der Waals surface area contributed by atoms with Crippen LogP contribution in [0.5, 0.6) is 0 Å². The summed E-state index contributed by atoms with van der Waals surface area (Å²) in [5.41, 5.74) is 2.67. The molecule has 88 valence electrons. The van der Waals surface area contributed by atoms with Gasteiger partial charge in [-0.15, -0.1) is 0 Å². The quantitative estimate of drug-likeness (QED) is 0.753. The van der Waals surface area contributed by atoms with Crippen LogP contribution in [0.1, 0.15) is 28.2 Å². The van der Waals surface area contributed by atoms with Crippen LogP contribution >= 0.6 is 0 Å². The Balaban J connectivity index is 2.01. The lowest BCUT2D eigenvalue weighted by molar-refractivity contribution is 0.0977. The van der Waals surface area contributed by atoms with Gasteiger partial charge in [0.2, 0.25) is 0 Å². The zero-order valence-electron chi connectivity index (χ0n) is 10.1. The number of ketones is 1. The Hall–Kier alpha value is -1.97. The summed E-state index contributed by atoms with van der Waals surface area (Å²) in [6, 6.07) is 5.64. The van der Waals surface area contributed by atoms with Gasteiger partial charge < -0.3 is 0 Å². The largest absolute Gasteiger partial charge is 0.292 e. The number of aromatic nitrogens is 3. The molecule has 0 unspecified atom stereocenters. The Morgan fingerprint density at radius 2 is 2.18 bits per heavy atom. The van der Waals surface area contributed by atoms with Gasteiger partial charge in [-0.1, -0.05) is 0 Å². The molecular formula is C13H15N3O. The normalized spacial score (nSPS) is 10.5. The first-order valence-corrected chi connectivity index (χ1v) is 5.59. The van der Waals surface area contributed by atoms with Crippen molar-refractivity contribution in [1.29, 1.82) is 0 Å². The molecule has 2 aromatic heterocycles. The molecule has 17 heavy (non-hydrogen) atoms. The number of rotatable bonds is 4. The van der Waals surface area contributed by atoms with E-state index in [2.05, 4.69) is 10.1 Å². The SMILES string of the molecule is Cc1ccnc(C(=O)CCc2ccnn2C)c1. The maximum Gasteiger partial charge on any atom is 0.181 e. The summed E-state index contributed by atoms with van der Waals surface area (Å²) in [7, 11) is 1.88. The zero-order valence-corrected chi connectivity index (χ0v) is 10.1. The van der Waals surface area contributed by atoms with Gasteiger partial charge in [-0.3, -0.25) is 14.5 Å². The molecule has 4 nitrogen and oxygen atoms in total. The number of carbonyl (C=O) groups is 1. The van der Waals surface area contributed by atoms with Crippen molar-refractivity contribution >= 4 is 5.78 Å². The van der Waals surface area contributed by atoms with Gasteiger partial charge in [0.1, 0.15) is 5.69 Å². The molecule has 0 amide bonds. The lowest BCUT2D eigenvalue weighted by atomic mass is 10.1. The molecule has 0 bridgehead atoms. The lowest BCUT2D eigenvalue weighted by Gasteiger charge is -2.02. The topological polar surface area (TPSA) is 47.8 Å². The predicted octanol–water partition coefficient (Wildman–Crippen LogP) is 1.94. The molecule has 0 spiro atoms. The summed E-state index contributed by atoms with van der Waals surface area (Å²) in [4.78, 5) is 16.0.